The van der Waals surface area contributed by atoms with Crippen LogP contribution in [0.1, 0.15) is 6.92 Å². The minimum absolute atomic E-state index is 0.250. The van der Waals surface area contributed by atoms with Crippen LogP contribution in [0.4, 0.5) is 11.4 Å². The first-order chi connectivity index (χ1) is 8.24. The first-order valence-electron chi connectivity index (χ1n) is 5.33. The molecule has 4 heteroatoms. The molecule has 0 aromatic heterocycles. The minimum Gasteiger partial charge on any atom is -0.483 e. The van der Waals surface area contributed by atoms with Gasteiger partial charge in [0.05, 0.1) is 0 Å². The van der Waals surface area contributed by atoms with Gasteiger partial charge in [-0.3, -0.25) is 4.79 Å². The number of benzene rings is 2. The topological polar surface area (TPSA) is 75.3 Å². The molecule has 4 nitrogen and oxygen atoms in total. The lowest BCUT2D eigenvalue weighted by atomic mass is 10.1. The Morgan fingerprint density at radius 2 is 1.82 bits per heavy atom. The van der Waals surface area contributed by atoms with Crippen molar-refractivity contribution in [2.24, 2.45) is 0 Å². The van der Waals surface area contributed by atoms with Crippen molar-refractivity contribution in [3.63, 3.8) is 0 Å². The number of fused-ring (bicyclic) bond motifs is 1. The number of anilines is 2. The zero-order valence-corrected chi connectivity index (χ0v) is 9.68. The molecule has 0 aliphatic rings. The normalized spacial score (nSPS) is 9.24. The summed E-state index contributed by atoms with van der Waals surface area (Å²) in [4.78, 5) is 8.36. The van der Waals surface area contributed by atoms with Crippen LogP contribution in [0.25, 0.3) is 10.8 Å². The van der Waals surface area contributed by atoms with Gasteiger partial charge in [-0.05, 0) is 19.1 Å². The van der Waals surface area contributed by atoms with E-state index in [1.54, 1.807) is 0 Å². The molecule has 0 saturated carbocycles. The molecule has 2 aromatic rings. The monoisotopic (exact) mass is 232 g/mol. The molecule has 0 saturated heterocycles. The summed E-state index contributed by atoms with van der Waals surface area (Å²) >= 11 is 0. The Hall–Kier alpha value is -2.23. The molecule has 0 heterocycles. The summed E-state index contributed by atoms with van der Waals surface area (Å²) < 4.78 is 0. The molecule has 17 heavy (non-hydrogen) atoms. The molecule has 4 N–H and O–H groups in total. The molecule has 90 valence electrons. The second-order valence-electron chi connectivity index (χ2n) is 3.38. The van der Waals surface area contributed by atoms with Crippen LogP contribution < -0.4 is 11.1 Å². The highest BCUT2D eigenvalue weighted by Crippen LogP contribution is 2.27. The van der Waals surface area contributed by atoms with Gasteiger partial charge in [-0.25, -0.2) is 0 Å². The molecular weight excluding hydrogens is 216 g/mol. The lowest BCUT2D eigenvalue weighted by molar-refractivity contribution is -0.122. The highest BCUT2D eigenvalue weighted by Gasteiger charge is 2.01. The second-order valence-corrected chi connectivity index (χ2v) is 3.38. The maximum Gasteiger partial charge on any atom is 0.290 e. The maximum atomic E-state index is 8.36. The summed E-state index contributed by atoms with van der Waals surface area (Å²) in [5, 5.41) is 12.5. The lowest BCUT2D eigenvalue weighted by Gasteiger charge is -2.09. The number of rotatable bonds is 2. The van der Waals surface area contributed by atoms with Gasteiger partial charge in [-0.2, -0.15) is 0 Å². The second kappa shape index (κ2) is 6.37. The lowest BCUT2D eigenvalue weighted by Crippen LogP contribution is -1.98. The molecule has 0 aliphatic heterocycles. The van der Waals surface area contributed by atoms with Crippen LogP contribution in [0, 0.1) is 0 Å². The van der Waals surface area contributed by atoms with Crippen molar-refractivity contribution in [2.45, 2.75) is 6.92 Å². The van der Waals surface area contributed by atoms with Crippen LogP contribution in [0.3, 0.4) is 0 Å². The van der Waals surface area contributed by atoms with Gasteiger partial charge in [-0.1, -0.05) is 24.3 Å². The molecule has 0 fully saturated rings. The number of nitrogens with one attached hydrogen (secondary N) is 1. The highest BCUT2D eigenvalue weighted by atomic mass is 16.3. The minimum atomic E-state index is -0.250. The van der Waals surface area contributed by atoms with Crippen LogP contribution in [-0.2, 0) is 4.79 Å². The molecular formula is C13H16N2O2. The summed E-state index contributed by atoms with van der Waals surface area (Å²) in [6.45, 7) is 2.76. The Kier molecular flexibility index (Phi) is 4.81. The van der Waals surface area contributed by atoms with Crippen molar-refractivity contribution < 1.29 is 9.90 Å². The van der Waals surface area contributed by atoms with Crippen molar-refractivity contribution in [2.75, 3.05) is 17.6 Å². The Morgan fingerprint density at radius 1 is 1.24 bits per heavy atom. The third kappa shape index (κ3) is 3.11. The largest absolute Gasteiger partial charge is 0.483 e. The summed E-state index contributed by atoms with van der Waals surface area (Å²) in [5.41, 5.74) is 7.88. The van der Waals surface area contributed by atoms with E-state index in [1.807, 2.05) is 30.3 Å². The van der Waals surface area contributed by atoms with Crippen LogP contribution in [-0.4, -0.2) is 18.1 Å². The predicted molar refractivity (Wildman–Crippen MR) is 71.2 cm³/mol. The maximum absolute atomic E-state index is 8.36. The average molecular weight is 232 g/mol. The van der Waals surface area contributed by atoms with E-state index in [0.29, 0.717) is 0 Å². The van der Waals surface area contributed by atoms with Gasteiger partial charge >= 0.3 is 0 Å². The van der Waals surface area contributed by atoms with Crippen molar-refractivity contribution in [3.8, 4) is 0 Å². The standard InChI is InChI=1S/C12H14N2.CH2O2/c1-2-14-12-8-7-11(13)9-5-3-4-6-10(9)12;2-1-3/h3-8,14H,2,13H2,1H3;1H,(H,2,3). The smallest absolute Gasteiger partial charge is 0.290 e. The van der Waals surface area contributed by atoms with Crippen molar-refractivity contribution in [1.29, 1.82) is 0 Å². The molecule has 0 radical (unpaired) electrons. The van der Waals surface area contributed by atoms with E-state index in [-0.39, 0.29) is 6.47 Å². The van der Waals surface area contributed by atoms with E-state index in [9.17, 15) is 0 Å². The number of hydrogen-bond acceptors (Lipinski definition) is 3. The van der Waals surface area contributed by atoms with Crippen LogP contribution >= 0.6 is 0 Å². The van der Waals surface area contributed by atoms with E-state index in [0.717, 1.165) is 23.3 Å². The summed E-state index contributed by atoms with van der Waals surface area (Å²) in [5.74, 6) is 0. The fourth-order valence-electron chi connectivity index (χ4n) is 1.67. The molecule has 2 aromatic carbocycles. The van der Waals surface area contributed by atoms with Gasteiger partial charge in [-0.15, -0.1) is 0 Å². The van der Waals surface area contributed by atoms with Gasteiger partial charge in [0, 0.05) is 28.7 Å². The van der Waals surface area contributed by atoms with E-state index < -0.39 is 0 Å². The van der Waals surface area contributed by atoms with E-state index in [2.05, 4.69) is 18.3 Å². The molecule has 2 rings (SSSR count). The number of nitrogen functional groups attached to an aromatic ring is 1. The van der Waals surface area contributed by atoms with Gasteiger partial charge in [0.2, 0.25) is 0 Å². The molecule has 0 spiro atoms. The number of carboxylic acid groups (broad SMARTS) is 1. The van der Waals surface area contributed by atoms with Crippen molar-refractivity contribution >= 4 is 28.6 Å². The van der Waals surface area contributed by atoms with Crippen LogP contribution in [0.5, 0.6) is 0 Å². The first kappa shape index (κ1) is 12.8. The number of carbonyl (C=O) groups is 1. The fourth-order valence-corrected chi connectivity index (χ4v) is 1.67. The Balaban J connectivity index is 0.000000437. The van der Waals surface area contributed by atoms with Gasteiger partial charge in [0.15, 0.2) is 0 Å². The highest BCUT2D eigenvalue weighted by molar-refractivity contribution is 6.01. The molecule has 0 atom stereocenters. The SMILES string of the molecule is CCNc1ccc(N)c2ccccc12.O=CO. The van der Waals surface area contributed by atoms with Gasteiger partial charge in [0.25, 0.3) is 6.47 Å². The Bertz CT molecular complexity index is 498. The zero-order valence-electron chi connectivity index (χ0n) is 9.68. The van der Waals surface area contributed by atoms with E-state index in [1.165, 1.54) is 5.39 Å². The summed E-state index contributed by atoms with van der Waals surface area (Å²) in [6, 6.07) is 12.1. The summed E-state index contributed by atoms with van der Waals surface area (Å²) in [7, 11) is 0. The van der Waals surface area contributed by atoms with Crippen molar-refractivity contribution in [1.82, 2.24) is 0 Å². The number of hydrogen-bond donors (Lipinski definition) is 3. The van der Waals surface area contributed by atoms with Gasteiger partial charge in [0.1, 0.15) is 0 Å². The van der Waals surface area contributed by atoms with Crippen LogP contribution in [0.15, 0.2) is 36.4 Å². The Labute approximate surface area is 100 Å². The quantitative estimate of drug-likeness (QED) is 0.549. The third-order valence-electron chi connectivity index (χ3n) is 2.33. The van der Waals surface area contributed by atoms with Crippen LogP contribution in [0.2, 0.25) is 0 Å². The van der Waals surface area contributed by atoms with E-state index >= 15 is 0 Å². The third-order valence-corrected chi connectivity index (χ3v) is 2.33. The number of nitrogens with two attached hydrogens (primary N) is 1. The molecule has 0 unspecified atom stereocenters. The molecule has 0 aliphatic carbocycles. The first-order valence-corrected chi connectivity index (χ1v) is 5.33. The molecule has 0 bridgehead atoms. The molecule has 0 amide bonds. The fraction of sp³-hybridized carbons (Fsp3) is 0.154. The average Bonchev–Trinajstić information content (AvgIpc) is 2.34. The van der Waals surface area contributed by atoms with Gasteiger partial charge < -0.3 is 16.2 Å². The Morgan fingerprint density at radius 3 is 2.41 bits per heavy atom. The predicted octanol–water partition coefficient (Wildman–Crippen LogP) is 2.55. The summed E-state index contributed by atoms with van der Waals surface area (Å²) in [6.07, 6.45) is 0. The van der Waals surface area contributed by atoms with Crippen molar-refractivity contribution in [3.05, 3.63) is 36.4 Å². The zero-order chi connectivity index (χ0) is 12.7. The van der Waals surface area contributed by atoms with E-state index in [4.69, 9.17) is 15.6 Å².